The fourth-order valence-electron chi connectivity index (χ4n) is 2.89. The summed E-state index contributed by atoms with van der Waals surface area (Å²) in [5, 5.41) is 8.72. The molecule has 168 valence electrons. The van der Waals surface area contributed by atoms with Crippen LogP contribution in [-0.2, 0) is 14.8 Å². The summed E-state index contributed by atoms with van der Waals surface area (Å²) in [6, 6.07) is 11.4. The number of nitrogens with zero attached hydrogens (tertiary/aromatic N) is 1. The summed E-state index contributed by atoms with van der Waals surface area (Å²) < 4.78 is 32.8. The highest BCUT2D eigenvalue weighted by Gasteiger charge is 2.23. The lowest BCUT2D eigenvalue weighted by atomic mass is 10.2. The molecule has 9 heteroatoms. The van der Waals surface area contributed by atoms with E-state index in [1.165, 1.54) is 47.3 Å². The number of ether oxygens (including phenoxy) is 1. The summed E-state index contributed by atoms with van der Waals surface area (Å²) in [5.41, 5.74) is 1.29. The van der Waals surface area contributed by atoms with Crippen LogP contribution < -0.4 is 4.74 Å². The molecule has 0 bridgehead atoms. The van der Waals surface area contributed by atoms with E-state index >= 15 is 0 Å². The van der Waals surface area contributed by atoms with Gasteiger partial charge in [0.05, 0.1) is 4.90 Å². The first-order chi connectivity index (χ1) is 14.6. The SMILES string of the molecule is CCCN(CCSc1ccc(OCC(=O)O)c(C)c1)S(=O)(=O)c1ccc(C(C)=O)cc1. The molecule has 0 aliphatic heterocycles. The van der Waals surface area contributed by atoms with E-state index in [2.05, 4.69) is 0 Å². The normalized spacial score (nSPS) is 11.5. The van der Waals surface area contributed by atoms with Gasteiger partial charge in [-0.05, 0) is 56.2 Å². The molecule has 2 aromatic rings. The Bertz CT molecular complexity index is 1020. The van der Waals surface area contributed by atoms with Gasteiger partial charge in [0.1, 0.15) is 5.75 Å². The van der Waals surface area contributed by atoms with Gasteiger partial charge in [0.15, 0.2) is 12.4 Å². The minimum Gasteiger partial charge on any atom is -0.482 e. The lowest BCUT2D eigenvalue weighted by Crippen LogP contribution is -2.33. The molecule has 0 atom stereocenters. The predicted octanol–water partition coefficient (Wildman–Crippen LogP) is 3.85. The molecule has 0 amide bonds. The van der Waals surface area contributed by atoms with Crippen molar-refractivity contribution in [3.05, 3.63) is 53.6 Å². The standard InChI is InChI=1S/C22H27NO6S2/c1-4-11-23(31(27,28)20-8-5-18(6-9-20)17(3)24)12-13-30-19-7-10-21(16(2)14-19)29-15-22(25)26/h5-10,14H,4,11-13,15H2,1-3H3,(H,25,26). The summed E-state index contributed by atoms with van der Waals surface area (Å²) in [5.74, 6) is -0.0816. The van der Waals surface area contributed by atoms with E-state index in [4.69, 9.17) is 9.84 Å². The van der Waals surface area contributed by atoms with E-state index in [0.29, 0.717) is 36.6 Å². The third-order valence-corrected chi connectivity index (χ3v) is 7.37. The smallest absolute Gasteiger partial charge is 0.341 e. The van der Waals surface area contributed by atoms with Crippen LogP contribution in [0.1, 0.15) is 36.2 Å². The molecule has 0 heterocycles. The summed E-state index contributed by atoms with van der Waals surface area (Å²) in [6.07, 6.45) is 0.685. The third-order valence-electron chi connectivity index (χ3n) is 4.48. The minimum atomic E-state index is -3.66. The zero-order valence-electron chi connectivity index (χ0n) is 17.8. The van der Waals surface area contributed by atoms with Crippen molar-refractivity contribution in [3.8, 4) is 5.75 Å². The van der Waals surface area contributed by atoms with E-state index < -0.39 is 22.6 Å². The van der Waals surface area contributed by atoms with Crippen molar-refractivity contribution in [3.63, 3.8) is 0 Å². The Morgan fingerprint density at radius 1 is 1.10 bits per heavy atom. The number of carbonyl (C=O) groups excluding carboxylic acids is 1. The van der Waals surface area contributed by atoms with E-state index in [1.807, 2.05) is 26.0 Å². The summed E-state index contributed by atoms with van der Waals surface area (Å²) in [7, 11) is -3.66. The van der Waals surface area contributed by atoms with Crippen molar-refractivity contribution >= 4 is 33.5 Å². The van der Waals surface area contributed by atoms with Gasteiger partial charge in [0.2, 0.25) is 10.0 Å². The van der Waals surface area contributed by atoms with Crippen LogP contribution in [0.4, 0.5) is 0 Å². The number of carbonyl (C=O) groups is 2. The highest BCUT2D eigenvalue weighted by atomic mass is 32.2. The Hall–Kier alpha value is -2.36. The number of hydrogen-bond acceptors (Lipinski definition) is 6. The maximum absolute atomic E-state index is 13.0. The number of Topliss-reactive ketones (excluding diaryl/α,β-unsaturated/α-hetero) is 1. The van der Waals surface area contributed by atoms with Crippen LogP contribution in [0.25, 0.3) is 0 Å². The third kappa shape index (κ3) is 7.09. The van der Waals surface area contributed by atoms with Crippen LogP contribution in [0.3, 0.4) is 0 Å². The van der Waals surface area contributed by atoms with E-state index in [0.717, 1.165) is 10.5 Å². The summed E-state index contributed by atoms with van der Waals surface area (Å²) >= 11 is 1.52. The first kappa shape index (κ1) is 24.9. The molecule has 2 aromatic carbocycles. The highest BCUT2D eigenvalue weighted by molar-refractivity contribution is 7.99. The Morgan fingerprint density at radius 3 is 2.32 bits per heavy atom. The number of carboxylic acid groups (broad SMARTS) is 1. The number of aliphatic carboxylic acids is 1. The lowest BCUT2D eigenvalue weighted by molar-refractivity contribution is -0.139. The molecule has 31 heavy (non-hydrogen) atoms. The van der Waals surface area contributed by atoms with Crippen LogP contribution in [-0.4, -0.2) is 55.0 Å². The van der Waals surface area contributed by atoms with Gasteiger partial charge < -0.3 is 9.84 Å². The minimum absolute atomic E-state index is 0.111. The van der Waals surface area contributed by atoms with Gasteiger partial charge in [-0.1, -0.05) is 19.1 Å². The van der Waals surface area contributed by atoms with Gasteiger partial charge in [0.25, 0.3) is 0 Å². The number of sulfonamides is 1. The van der Waals surface area contributed by atoms with Crippen LogP contribution >= 0.6 is 11.8 Å². The highest BCUT2D eigenvalue weighted by Crippen LogP contribution is 2.26. The quantitative estimate of drug-likeness (QED) is 0.375. The zero-order chi connectivity index (χ0) is 23.0. The number of thioether (sulfide) groups is 1. The Balaban J connectivity index is 2.04. The molecule has 0 unspecified atom stereocenters. The molecule has 0 saturated carbocycles. The first-order valence-corrected chi connectivity index (χ1v) is 12.3. The molecule has 7 nitrogen and oxygen atoms in total. The van der Waals surface area contributed by atoms with Crippen molar-refractivity contribution in [2.24, 2.45) is 0 Å². The average molecular weight is 466 g/mol. The van der Waals surface area contributed by atoms with E-state index in [1.54, 1.807) is 6.07 Å². The molecule has 1 N–H and O–H groups in total. The number of hydrogen-bond donors (Lipinski definition) is 1. The monoisotopic (exact) mass is 465 g/mol. The number of carboxylic acids is 1. The number of rotatable bonds is 12. The molecule has 0 fully saturated rings. The molecule has 0 aromatic heterocycles. The van der Waals surface area contributed by atoms with Crippen molar-refractivity contribution in [2.75, 3.05) is 25.4 Å². The predicted molar refractivity (Wildman–Crippen MR) is 121 cm³/mol. The number of benzene rings is 2. The number of ketones is 1. The van der Waals surface area contributed by atoms with Crippen molar-refractivity contribution in [2.45, 2.75) is 37.0 Å². The molecule has 2 rings (SSSR count). The summed E-state index contributed by atoms with van der Waals surface area (Å²) in [4.78, 5) is 23.2. The van der Waals surface area contributed by atoms with Crippen LogP contribution in [0, 0.1) is 6.92 Å². The van der Waals surface area contributed by atoms with E-state index in [9.17, 15) is 18.0 Å². The Morgan fingerprint density at radius 2 is 1.77 bits per heavy atom. The maximum Gasteiger partial charge on any atom is 0.341 e. The molecule has 0 spiro atoms. The topological polar surface area (TPSA) is 101 Å². The molecule has 0 aliphatic carbocycles. The van der Waals surface area contributed by atoms with Crippen molar-refractivity contribution in [1.29, 1.82) is 0 Å². The van der Waals surface area contributed by atoms with Gasteiger partial charge in [-0.25, -0.2) is 13.2 Å². The van der Waals surface area contributed by atoms with Gasteiger partial charge in [-0.3, -0.25) is 4.79 Å². The summed E-state index contributed by atoms with van der Waals surface area (Å²) in [6.45, 7) is 5.54. The van der Waals surface area contributed by atoms with E-state index in [-0.39, 0.29) is 10.7 Å². The number of aryl methyl sites for hydroxylation is 1. The average Bonchev–Trinajstić information content (AvgIpc) is 2.72. The lowest BCUT2D eigenvalue weighted by Gasteiger charge is -2.21. The fraction of sp³-hybridized carbons (Fsp3) is 0.364. The van der Waals surface area contributed by atoms with Crippen LogP contribution in [0.2, 0.25) is 0 Å². The van der Waals surface area contributed by atoms with Gasteiger partial charge in [-0.15, -0.1) is 11.8 Å². The molecular formula is C22H27NO6S2. The maximum atomic E-state index is 13.0. The van der Waals surface area contributed by atoms with Crippen molar-refractivity contribution in [1.82, 2.24) is 4.31 Å². The van der Waals surface area contributed by atoms with Crippen LogP contribution in [0.5, 0.6) is 5.75 Å². The second-order valence-electron chi connectivity index (χ2n) is 6.94. The Kier molecular flexibility index (Phi) is 9.09. The fourth-order valence-corrected chi connectivity index (χ4v) is 5.51. The molecule has 0 aliphatic rings. The van der Waals surface area contributed by atoms with Crippen molar-refractivity contribution < 1.29 is 27.9 Å². The molecular weight excluding hydrogens is 438 g/mol. The van der Waals surface area contributed by atoms with Gasteiger partial charge in [-0.2, -0.15) is 4.31 Å². The largest absolute Gasteiger partial charge is 0.482 e. The van der Waals surface area contributed by atoms with Gasteiger partial charge >= 0.3 is 5.97 Å². The molecule has 0 radical (unpaired) electrons. The second kappa shape index (κ2) is 11.3. The first-order valence-electron chi connectivity index (χ1n) is 9.84. The zero-order valence-corrected chi connectivity index (χ0v) is 19.5. The molecule has 0 saturated heterocycles. The van der Waals surface area contributed by atoms with Gasteiger partial charge in [0, 0.05) is 29.3 Å². The second-order valence-corrected chi connectivity index (χ2v) is 10.0. The Labute approximate surface area is 187 Å². The van der Waals surface area contributed by atoms with Crippen LogP contribution in [0.15, 0.2) is 52.3 Å².